The van der Waals surface area contributed by atoms with Crippen LogP contribution in [0.5, 0.6) is 0 Å². The number of aromatic nitrogens is 1. The SMILES string of the molecule is CNc1cc(C2CC2)nc2cc(F)c(Cl)cc12. The van der Waals surface area contributed by atoms with Gasteiger partial charge in [-0.15, -0.1) is 0 Å². The minimum Gasteiger partial charge on any atom is -0.388 e. The largest absolute Gasteiger partial charge is 0.388 e. The molecule has 2 nitrogen and oxygen atoms in total. The summed E-state index contributed by atoms with van der Waals surface area (Å²) in [6.07, 6.45) is 2.36. The van der Waals surface area contributed by atoms with Crippen molar-refractivity contribution in [3.8, 4) is 0 Å². The van der Waals surface area contributed by atoms with Gasteiger partial charge in [0.05, 0.1) is 10.5 Å². The maximum atomic E-state index is 13.4. The molecule has 1 heterocycles. The van der Waals surface area contributed by atoms with Gasteiger partial charge in [0.1, 0.15) is 5.82 Å². The number of halogens is 2. The van der Waals surface area contributed by atoms with Crippen molar-refractivity contribution in [2.75, 3.05) is 12.4 Å². The Bertz CT molecular complexity index is 593. The van der Waals surface area contributed by atoms with E-state index in [0.717, 1.165) is 16.8 Å². The molecule has 88 valence electrons. The van der Waals surface area contributed by atoms with Gasteiger partial charge in [0, 0.05) is 35.8 Å². The highest BCUT2D eigenvalue weighted by Crippen LogP contribution is 2.41. The van der Waals surface area contributed by atoms with Gasteiger partial charge in [0.25, 0.3) is 0 Å². The second-order valence-electron chi connectivity index (χ2n) is 4.40. The minimum absolute atomic E-state index is 0.134. The van der Waals surface area contributed by atoms with Crippen molar-refractivity contribution >= 4 is 28.2 Å². The molecule has 0 spiro atoms. The molecule has 0 radical (unpaired) electrons. The lowest BCUT2D eigenvalue weighted by atomic mass is 10.1. The van der Waals surface area contributed by atoms with Gasteiger partial charge >= 0.3 is 0 Å². The van der Waals surface area contributed by atoms with E-state index in [4.69, 9.17) is 11.6 Å². The lowest BCUT2D eigenvalue weighted by Gasteiger charge is -2.09. The van der Waals surface area contributed by atoms with Gasteiger partial charge in [-0.3, -0.25) is 4.98 Å². The summed E-state index contributed by atoms with van der Waals surface area (Å²) in [5.74, 6) is 0.131. The summed E-state index contributed by atoms with van der Waals surface area (Å²) in [4.78, 5) is 4.51. The molecule has 0 atom stereocenters. The number of hydrogen-bond donors (Lipinski definition) is 1. The van der Waals surface area contributed by atoms with Crippen LogP contribution in [0.3, 0.4) is 0 Å². The first kappa shape index (κ1) is 10.8. The van der Waals surface area contributed by atoms with Gasteiger partial charge in [0.2, 0.25) is 0 Å². The molecule has 1 saturated carbocycles. The van der Waals surface area contributed by atoms with Crippen molar-refractivity contribution in [3.63, 3.8) is 0 Å². The van der Waals surface area contributed by atoms with Gasteiger partial charge in [-0.2, -0.15) is 0 Å². The molecule has 0 aliphatic heterocycles. The number of pyridine rings is 1. The highest BCUT2D eigenvalue weighted by molar-refractivity contribution is 6.31. The molecule has 1 aromatic heterocycles. The maximum Gasteiger partial charge on any atom is 0.143 e. The predicted octanol–water partition coefficient (Wildman–Crippen LogP) is 3.95. The zero-order chi connectivity index (χ0) is 12.0. The number of fused-ring (bicyclic) bond motifs is 1. The highest BCUT2D eigenvalue weighted by Gasteiger charge is 2.26. The highest BCUT2D eigenvalue weighted by atomic mass is 35.5. The molecule has 2 aromatic rings. The van der Waals surface area contributed by atoms with Crippen LogP contribution < -0.4 is 5.32 Å². The maximum absolute atomic E-state index is 13.4. The molecule has 0 unspecified atom stereocenters. The summed E-state index contributed by atoms with van der Waals surface area (Å²) >= 11 is 5.80. The molecule has 1 N–H and O–H groups in total. The van der Waals surface area contributed by atoms with Crippen LogP contribution in [-0.2, 0) is 0 Å². The summed E-state index contributed by atoms with van der Waals surface area (Å²) in [5, 5.41) is 4.12. The van der Waals surface area contributed by atoms with Gasteiger partial charge in [-0.05, 0) is 25.0 Å². The van der Waals surface area contributed by atoms with Gasteiger partial charge in [0.15, 0.2) is 0 Å². The first-order valence-corrected chi connectivity index (χ1v) is 6.04. The quantitative estimate of drug-likeness (QED) is 0.873. The fraction of sp³-hybridized carbons (Fsp3) is 0.308. The topological polar surface area (TPSA) is 24.9 Å². The standard InChI is InChI=1S/C13H12ClFN2/c1-16-12-6-11(7-2-3-7)17-13-5-10(15)9(14)4-8(12)13/h4-7H,2-3H2,1H3,(H,16,17). The molecule has 1 aliphatic carbocycles. The second kappa shape index (κ2) is 3.84. The number of anilines is 1. The van der Waals surface area contributed by atoms with Gasteiger partial charge < -0.3 is 5.32 Å². The molecular formula is C13H12ClFN2. The molecule has 3 rings (SSSR count). The van der Waals surface area contributed by atoms with E-state index in [9.17, 15) is 4.39 Å². The summed E-state index contributed by atoms with van der Waals surface area (Å²) in [5.41, 5.74) is 2.67. The van der Waals surface area contributed by atoms with Crippen molar-refractivity contribution in [2.24, 2.45) is 0 Å². The Morgan fingerprint density at radius 1 is 1.35 bits per heavy atom. The summed E-state index contributed by atoms with van der Waals surface area (Å²) < 4.78 is 13.4. The zero-order valence-electron chi connectivity index (χ0n) is 9.43. The molecule has 1 aliphatic rings. The fourth-order valence-corrected chi connectivity index (χ4v) is 2.20. The Kier molecular flexibility index (Phi) is 2.44. The molecule has 1 aromatic carbocycles. The Labute approximate surface area is 104 Å². The summed E-state index contributed by atoms with van der Waals surface area (Å²) in [7, 11) is 1.85. The smallest absolute Gasteiger partial charge is 0.143 e. The lowest BCUT2D eigenvalue weighted by molar-refractivity contribution is 0.630. The van der Waals surface area contributed by atoms with E-state index < -0.39 is 5.82 Å². The molecule has 17 heavy (non-hydrogen) atoms. The number of benzene rings is 1. The van der Waals surface area contributed by atoms with E-state index in [1.165, 1.54) is 18.9 Å². The Morgan fingerprint density at radius 3 is 2.76 bits per heavy atom. The van der Waals surface area contributed by atoms with E-state index in [0.29, 0.717) is 11.4 Å². The van der Waals surface area contributed by atoms with E-state index in [2.05, 4.69) is 10.3 Å². The van der Waals surface area contributed by atoms with Crippen LogP contribution in [0.2, 0.25) is 5.02 Å². The molecule has 0 bridgehead atoms. The minimum atomic E-state index is -0.415. The van der Waals surface area contributed by atoms with Crippen LogP contribution in [0.15, 0.2) is 18.2 Å². The van der Waals surface area contributed by atoms with E-state index >= 15 is 0 Å². The molecule has 0 saturated heterocycles. The Morgan fingerprint density at radius 2 is 2.12 bits per heavy atom. The third-order valence-corrected chi connectivity index (χ3v) is 3.43. The average Bonchev–Trinajstić information content (AvgIpc) is 3.13. The van der Waals surface area contributed by atoms with E-state index in [1.54, 1.807) is 6.07 Å². The van der Waals surface area contributed by atoms with Crippen LogP contribution in [-0.4, -0.2) is 12.0 Å². The van der Waals surface area contributed by atoms with Crippen LogP contribution in [0, 0.1) is 5.82 Å². The molecule has 4 heteroatoms. The Balaban J connectivity index is 2.28. The number of rotatable bonds is 2. The van der Waals surface area contributed by atoms with Crippen LogP contribution in [0.1, 0.15) is 24.5 Å². The van der Waals surface area contributed by atoms with Crippen molar-refractivity contribution in [2.45, 2.75) is 18.8 Å². The second-order valence-corrected chi connectivity index (χ2v) is 4.81. The third kappa shape index (κ3) is 1.84. The van der Waals surface area contributed by atoms with Crippen molar-refractivity contribution in [1.82, 2.24) is 4.98 Å². The van der Waals surface area contributed by atoms with Crippen molar-refractivity contribution < 1.29 is 4.39 Å². The predicted molar refractivity (Wildman–Crippen MR) is 68.2 cm³/mol. The fourth-order valence-electron chi connectivity index (χ4n) is 2.04. The first-order valence-electron chi connectivity index (χ1n) is 5.66. The van der Waals surface area contributed by atoms with Crippen molar-refractivity contribution in [1.29, 1.82) is 0 Å². The van der Waals surface area contributed by atoms with E-state index in [-0.39, 0.29) is 5.02 Å². The average molecular weight is 251 g/mol. The normalized spacial score (nSPS) is 15.2. The van der Waals surface area contributed by atoms with Crippen molar-refractivity contribution in [3.05, 3.63) is 34.7 Å². The first-order chi connectivity index (χ1) is 8.19. The van der Waals surface area contributed by atoms with Gasteiger partial charge in [-0.25, -0.2) is 4.39 Å². The van der Waals surface area contributed by atoms with Gasteiger partial charge in [-0.1, -0.05) is 11.6 Å². The monoisotopic (exact) mass is 250 g/mol. The third-order valence-electron chi connectivity index (χ3n) is 3.14. The van der Waals surface area contributed by atoms with Crippen LogP contribution in [0.4, 0.5) is 10.1 Å². The number of nitrogens with one attached hydrogen (secondary N) is 1. The van der Waals surface area contributed by atoms with E-state index in [1.807, 2.05) is 13.1 Å². The zero-order valence-corrected chi connectivity index (χ0v) is 10.2. The summed E-state index contributed by atoms with van der Waals surface area (Å²) in [6, 6.07) is 5.07. The molecule has 1 fully saturated rings. The number of hydrogen-bond acceptors (Lipinski definition) is 2. The lowest BCUT2D eigenvalue weighted by Crippen LogP contribution is -1.96. The Hall–Kier alpha value is -1.35. The molecular weight excluding hydrogens is 239 g/mol. The summed E-state index contributed by atoms with van der Waals surface area (Å²) in [6.45, 7) is 0. The molecule has 0 amide bonds. The van der Waals surface area contributed by atoms with Crippen LogP contribution >= 0.6 is 11.6 Å². The number of nitrogens with zero attached hydrogens (tertiary/aromatic N) is 1. The van der Waals surface area contributed by atoms with Crippen LogP contribution in [0.25, 0.3) is 10.9 Å².